The molecule has 1 amide bonds. The molecule has 17 heavy (non-hydrogen) atoms. The van der Waals surface area contributed by atoms with Crippen LogP contribution in [0.15, 0.2) is 0 Å². The normalized spacial score (nSPS) is 21.3. The molecular formula is C12H21NO4. The third kappa shape index (κ3) is 4.73. The summed E-state index contributed by atoms with van der Waals surface area (Å²) in [5.41, 5.74) is 0. The van der Waals surface area contributed by atoms with E-state index in [1.807, 2.05) is 13.8 Å². The number of ether oxygens (including phenoxy) is 2. The van der Waals surface area contributed by atoms with Crippen molar-refractivity contribution in [1.29, 1.82) is 0 Å². The van der Waals surface area contributed by atoms with E-state index in [9.17, 15) is 9.59 Å². The molecule has 0 aromatic heterocycles. The van der Waals surface area contributed by atoms with E-state index in [2.05, 4.69) is 5.32 Å². The fourth-order valence-corrected chi connectivity index (χ4v) is 1.85. The number of nitrogens with one attached hydrogen (secondary N) is 1. The van der Waals surface area contributed by atoms with Gasteiger partial charge in [0.25, 0.3) is 0 Å². The molecule has 1 N–H and O–H groups in total. The molecular weight excluding hydrogens is 222 g/mol. The standard InChI is InChI=1S/C12H21NO4/c1-8(2)11(9(3)14)13-12(15)17-7-10-5-4-6-16-10/h8,10-11H,4-7H2,1-3H3,(H,13,15). The average molecular weight is 243 g/mol. The molecule has 5 nitrogen and oxygen atoms in total. The van der Waals surface area contributed by atoms with Gasteiger partial charge in [-0.2, -0.15) is 0 Å². The Balaban J connectivity index is 2.29. The first-order valence-electron chi connectivity index (χ1n) is 6.06. The van der Waals surface area contributed by atoms with Crippen LogP contribution in [0.4, 0.5) is 4.79 Å². The Kier molecular flexibility index (Phi) is 5.41. The van der Waals surface area contributed by atoms with Crippen molar-refractivity contribution in [1.82, 2.24) is 5.32 Å². The van der Waals surface area contributed by atoms with Gasteiger partial charge in [0, 0.05) is 6.61 Å². The Bertz CT molecular complexity index is 272. The van der Waals surface area contributed by atoms with Crippen LogP contribution in [0.25, 0.3) is 0 Å². The summed E-state index contributed by atoms with van der Waals surface area (Å²) >= 11 is 0. The van der Waals surface area contributed by atoms with Gasteiger partial charge in [0.05, 0.1) is 12.1 Å². The van der Waals surface area contributed by atoms with Gasteiger partial charge in [-0.1, -0.05) is 13.8 Å². The first-order valence-corrected chi connectivity index (χ1v) is 6.06. The quantitative estimate of drug-likeness (QED) is 0.794. The van der Waals surface area contributed by atoms with E-state index in [0.29, 0.717) is 0 Å². The van der Waals surface area contributed by atoms with Crippen molar-refractivity contribution in [3.05, 3.63) is 0 Å². The maximum atomic E-state index is 11.5. The van der Waals surface area contributed by atoms with E-state index in [1.165, 1.54) is 6.92 Å². The second-order valence-corrected chi connectivity index (χ2v) is 4.71. The molecule has 2 atom stereocenters. The summed E-state index contributed by atoms with van der Waals surface area (Å²) in [6, 6.07) is -0.480. The summed E-state index contributed by atoms with van der Waals surface area (Å²) in [6.45, 7) is 6.22. The van der Waals surface area contributed by atoms with E-state index in [0.717, 1.165) is 19.4 Å². The predicted molar refractivity (Wildman–Crippen MR) is 62.8 cm³/mol. The van der Waals surface area contributed by atoms with Crippen LogP contribution in [0, 0.1) is 5.92 Å². The second kappa shape index (κ2) is 6.59. The number of carbonyl (C=O) groups excluding carboxylic acids is 2. The summed E-state index contributed by atoms with van der Waals surface area (Å²) in [6.07, 6.45) is 1.40. The van der Waals surface area contributed by atoms with Crippen LogP contribution in [0.1, 0.15) is 33.6 Å². The van der Waals surface area contributed by atoms with Crippen molar-refractivity contribution in [2.24, 2.45) is 5.92 Å². The van der Waals surface area contributed by atoms with Gasteiger partial charge in [-0.3, -0.25) is 4.79 Å². The van der Waals surface area contributed by atoms with Crippen LogP contribution >= 0.6 is 0 Å². The largest absolute Gasteiger partial charge is 0.447 e. The first-order chi connectivity index (χ1) is 8.00. The van der Waals surface area contributed by atoms with Crippen molar-refractivity contribution in [3.8, 4) is 0 Å². The zero-order valence-corrected chi connectivity index (χ0v) is 10.7. The Labute approximate surface area is 102 Å². The molecule has 1 fully saturated rings. The summed E-state index contributed by atoms with van der Waals surface area (Å²) < 4.78 is 10.4. The number of rotatable bonds is 5. The minimum atomic E-state index is -0.547. The van der Waals surface area contributed by atoms with Crippen molar-refractivity contribution >= 4 is 11.9 Å². The van der Waals surface area contributed by atoms with Crippen LogP contribution in [-0.2, 0) is 14.3 Å². The average Bonchev–Trinajstić information content (AvgIpc) is 2.74. The van der Waals surface area contributed by atoms with E-state index >= 15 is 0 Å². The molecule has 2 unspecified atom stereocenters. The van der Waals surface area contributed by atoms with Gasteiger partial charge < -0.3 is 14.8 Å². The minimum absolute atomic E-state index is 0.00979. The zero-order chi connectivity index (χ0) is 12.8. The molecule has 1 heterocycles. The molecule has 0 radical (unpaired) electrons. The molecule has 98 valence electrons. The fourth-order valence-electron chi connectivity index (χ4n) is 1.85. The monoisotopic (exact) mass is 243 g/mol. The van der Waals surface area contributed by atoms with E-state index < -0.39 is 12.1 Å². The highest BCUT2D eigenvalue weighted by Crippen LogP contribution is 2.12. The smallest absolute Gasteiger partial charge is 0.407 e. The Hall–Kier alpha value is -1.10. The molecule has 0 aromatic rings. The number of amides is 1. The molecule has 0 saturated carbocycles. The number of alkyl carbamates (subject to hydrolysis) is 1. The van der Waals surface area contributed by atoms with Gasteiger partial charge in [-0.05, 0) is 25.7 Å². The Morgan fingerprint density at radius 2 is 2.18 bits per heavy atom. The fraction of sp³-hybridized carbons (Fsp3) is 0.833. The Morgan fingerprint density at radius 3 is 2.65 bits per heavy atom. The van der Waals surface area contributed by atoms with Crippen LogP contribution in [0.5, 0.6) is 0 Å². The van der Waals surface area contributed by atoms with Gasteiger partial charge in [0.2, 0.25) is 0 Å². The molecule has 5 heteroatoms. The predicted octanol–water partition coefficient (Wildman–Crippen LogP) is 1.51. The number of hydrogen-bond acceptors (Lipinski definition) is 4. The summed E-state index contributed by atoms with van der Waals surface area (Å²) in [4.78, 5) is 22.8. The lowest BCUT2D eigenvalue weighted by Gasteiger charge is -2.19. The van der Waals surface area contributed by atoms with Gasteiger partial charge in [0.15, 0.2) is 5.78 Å². The van der Waals surface area contributed by atoms with Crippen LogP contribution in [-0.4, -0.2) is 37.2 Å². The number of carbonyl (C=O) groups is 2. The molecule has 1 saturated heterocycles. The number of Topliss-reactive ketones (excluding diaryl/α,β-unsaturated/α-hetero) is 1. The number of hydrogen-bond donors (Lipinski definition) is 1. The van der Waals surface area contributed by atoms with Gasteiger partial charge in [-0.15, -0.1) is 0 Å². The van der Waals surface area contributed by atoms with Crippen molar-refractivity contribution in [3.63, 3.8) is 0 Å². The summed E-state index contributed by atoms with van der Waals surface area (Å²) in [5, 5.41) is 2.57. The number of ketones is 1. The lowest BCUT2D eigenvalue weighted by Crippen LogP contribution is -2.44. The van der Waals surface area contributed by atoms with Crippen molar-refractivity contribution in [2.45, 2.75) is 45.8 Å². The second-order valence-electron chi connectivity index (χ2n) is 4.71. The highest BCUT2D eigenvalue weighted by atomic mass is 16.6. The van der Waals surface area contributed by atoms with Gasteiger partial charge in [-0.25, -0.2) is 4.79 Å². The van der Waals surface area contributed by atoms with Crippen molar-refractivity contribution in [2.75, 3.05) is 13.2 Å². The van der Waals surface area contributed by atoms with Gasteiger partial charge in [0.1, 0.15) is 6.61 Å². The third-order valence-corrected chi connectivity index (χ3v) is 2.80. The highest BCUT2D eigenvalue weighted by molar-refractivity contribution is 5.85. The highest BCUT2D eigenvalue weighted by Gasteiger charge is 2.22. The van der Waals surface area contributed by atoms with E-state index in [4.69, 9.17) is 9.47 Å². The molecule has 1 aliphatic heterocycles. The molecule has 0 spiro atoms. The van der Waals surface area contributed by atoms with Gasteiger partial charge >= 0.3 is 6.09 Å². The SMILES string of the molecule is CC(=O)C(NC(=O)OCC1CCCO1)C(C)C. The lowest BCUT2D eigenvalue weighted by atomic mass is 10.0. The summed E-state index contributed by atoms with van der Waals surface area (Å²) in [5.74, 6) is -0.00292. The molecule has 0 bridgehead atoms. The van der Waals surface area contributed by atoms with E-state index in [1.54, 1.807) is 0 Å². The van der Waals surface area contributed by atoms with Crippen molar-refractivity contribution < 1.29 is 19.1 Å². The molecule has 1 aliphatic rings. The molecule has 1 rings (SSSR count). The summed E-state index contributed by atoms with van der Waals surface area (Å²) in [7, 11) is 0. The third-order valence-electron chi connectivity index (χ3n) is 2.80. The maximum absolute atomic E-state index is 11.5. The van der Waals surface area contributed by atoms with Crippen LogP contribution in [0.2, 0.25) is 0 Å². The van der Waals surface area contributed by atoms with Crippen LogP contribution < -0.4 is 5.32 Å². The lowest BCUT2D eigenvalue weighted by molar-refractivity contribution is -0.119. The molecule has 0 aliphatic carbocycles. The first kappa shape index (κ1) is 14.0. The maximum Gasteiger partial charge on any atom is 0.407 e. The minimum Gasteiger partial charge on any atom is -0.447 e. The topological polar surface area (TPSA) is 64.6 Å². The molecule has 0 aromatic carbocycles. The zero-order valence-electron chi connectivity index (χ0n) is 10.7. The Morgan fingerprint density at radius 1 is 1.47 bits per heavy atom. The van der Waals surface area contributed by atoms with E-state index in [-0.39, 0.29) is 24.4 Å². The van der Waals surface area contributed by atoms with Crippen LogP contribution in [0.3, 0.4) is 0 Å².